The summed E-state index contributed by atoms with van der Waals surface area (Å²) in [5.41, 5.74) is 1.63. The van der Waals surface area contributed by atoms with Crippen molar-refractivity contribution in [1.82, 2.24) is 19.9 Å². The monoisotopic (exact) mass is 375 g/mol. The summed E-state index contributed by atoms with van der Waals surface area (Å²) in [5.74, 6) is 1.28. The number of aromatic nitrogens is 3. The van der Waals surface area contributed by atoms with Gasteiger partial charge in [-0.2, -0.15) is 0 Å². The molecule has 0 saturated carbocycles. The first-order valence-electron chi connectivity index (χ1n) is 7.72. The fourth-order valence-electron chi connectivity index (χ4n) is 2.88. The molecule has 0 spiro atoms. The minimum atomic E-state index is -0.889. The molecule has 25 heavy (non-hydrogen) atoms. The smallest absolute Gasteiger partial charge is 0.407 e. The second-order valence-corrected chi connectivity index (χ2v) is 7.06. The van der Waals surface area contributed by atoms with Crippen LogP contribution in [-0.2, 0) is 0 Å². The Morgan fingerprint density at radius 1 is 1.40 bits per heavy atom. The molecule has 0 aromatic carbocycles. The highest BCUT2D eigenvalue weighted by Gasteiger charge is 2.26. The lowest BCUT2D eigenvalue weighted by Crippen LogP contribution is -2.30. The van der Waals surface area contributed by atoms with Gasteiger partial charge in [0, 0.05) is 30.9 Å². The van der Waals surface area contributed by atoms with E-state index >= 15 is 0 Å². The third-order valence-corrected chi connectivity index (χ3v) is 5.21. The molecule has 1 aliphatic rings. The highest BCUT2D eigenvalue weighted by atomic mass is 35.5. The van der Waals surface area contributed by atoms with Gasteiger partial charge < -0.3 is 15.3 Å². The number of nitrogens with zero attached hydrogens (tertiary/aromatic N) is 4. The number of nitrogens with one attached hydrogen (secondary N) is 1. The van der Waals surface area contributed by atoms with Crippen LogP contribution in [0.1, 0.15) is 6.42 Å². The van der Waals surface area contributed by atoms with E-state index in [2.05, 4.69) is 20.3 Å². The first-order chi connectivity index (χ1) is 12.1. The Bertz CT molecular complexity index is 947. The third-order valence-electron chi connectivity index (χ3n) is 4.09. The minimum absolute atomic E-state index is 0.0326. The molecule has 1 aliphatic heterocycles. The Hall–Kier alpha value is -2.45. The molecule has 1 amide bonds. The molecule has 3 aromatic heterocycles. The average molecular weight is 376 g/mol. The number of likely N-dealkylation sites (tertiary alicyclic amines) is 1. The summed E-state index contributed by atoms with van der Waals surface area (Å²) < 4.78 is 0.956. The number of fused-ring (bicyclic) bond motifs is 1. The van der Waals surface area contributed by atoms with Crippen LogP contribution < -0.4 is 5.32 Å². The quantitative estimate of drug-likeness (QED) is 0.680. The van der Waals surface area contributed by atoms with Crippen molar-refractivity contribution >= 4 is 45.1 Å². The normalized spacial score (nSPS) is 17.2. The average Bonchev–Trinajstić information content (AvgIpc) is 3.23. The van der Waals surface area contributed by atoms with Gasteiger partial charge in [-0.25, -0.2) is 19.7 Å². The molecule has 4 rings (SSSR count). The van der Waals surface area contributed by atoms with Gasteiger partial charge in [-0.05, 0) is 30.0 Å². The molecule has 4 heterocycles. The maximum Gasteiger partial charge on any atom is 0.407 e. The van der Waals surface area contributed by atoms with E-state index < -0.39 is 6.09 Å². The predicted molar refractivity (Wildman–Crippen MR) is 97.3 cm³/mol. The maximum absolute atomic E-state index is 11.1. The molecule has 7 nitrogen and oxygen atoms in total. The van der Waals surface area contributed by atoms with Crippen molar-refractivity contribution in [2.24, 2.45) is 0 Å². The van der Waals surface area contributed by atoms with Crippen molar-refractivity contribution in [3.8, 4) is 11.4 Å². The SMILES string of the molecule is O=C(O)N1CC[C@@H](Nc2nc(-c3ccnc(Cl)c3)nc3ccsc23)C1. The number of carboxylic acid groups (broad SMARTS) is 1. The zero-order valence-corrected chi connectivity index (χ0v) is 14.6. The first kappa shape index (κ1) is 16.0. The molecule has 0 unspecified atom stereocenters. The van der Waals surface area contributed by atoms with Crippen molar-refractivity contribution < 1.29 is 9.90 Å². The van der Waals surface area contributed by atoms with Crippen LogP contribution in [0.5, 0.6) is 0 Å². The van der Waals surface area contributed by atoms with Crippen molar-refractivity contribution in [1.29, 1.82) is 0 Å². The Labute approximate surface area is 152 Å². The summed E-state index contributed by atoms with van der Waals surface area (Å²) in [6.45, 7) is 0.973. The van der Waals surface area contributed by atoms with E-state index in [0.29, 0.717) is 24.1 Å². The lowest BCUT2D eigenvalue weighted by Gasteiger charge is -2.15. The maximum atomic E-state index is 11.1. The van der Waals surface area contributed by atoms with Crippen LogP contribution in [0.15, 0.2) is 29.8 Å². The Morgan fingerprint density at radius 3 is 3.04 bits per heavy atom. The van der Waals surface area contributed by atoms with E-state index in [9.17, 15) is 4.79 Å². The summed E-state index contributed by atoms with van der Waals surface area (Å²) in [4.78, 5) is 25.7. The fourth-order valence-corrected chi connectivity index (χ4v) is 3.83. The van der Waals surface area contributed by atoms with Gasteiger partial charge in [0.05, 0.1) is 10.2 Å². The van der Waals surface area contributed by atoms with Crippen molar-refractivity contribution in [2.45, 2.75) is 12.5 Å². The highest BCUT2D eigenvalue weighted by molar-refractivity contribution is 7.17. The fraction of sp³-hybridized carbons (Fsp3) is 0.250. The summed E-state index contributed by atoms with van der Waals surface area (Å²) in [7, 11) is 0. The zero-order valence-electron chi connectivity index (χ0n) is 13.0. The van der Waals surface area contributed by atoms with E-state index in [-0.39, 0.29) is 6.04 Å². The van der Waals surface area contributed by atoms with Crippen molar-refractivity contribution in [3.63, 3.8) is 0 Å². The van der Waals surface area contributed by atoms with Crippen LogP contribution in [0.4, 0.5) is 10.6 Å². The van der Waals surface area contributed by atoms with Gasteiger partial charge in [-0.15, -0.1) is 11.3 Å². The Balaban J connectivity index is 1.68. The Kier molecular flexibility index (Phi) is 4.14. The topological polar surface area (TPSA) is 91.2 Å². The third kappa shape index (κ3) is 3.22. The number of carbonyl (C=O) groups is 1. The molecule has 1 atom stereocenters. The largest absolute Gasteiger partial charge is 0.465 e. The lowest BCUT2D eigenvalue weighted by atomic mass is 10.2. The van der Waals surface area contributed by atoms with Crippen LogP contribution in [-0.4, -0.2) is 50.2 Å². The molecule has 1 fully saturated rings. The number of pyridine rings is 1. The second-order valence-electron chi connectivity index (χ2n) is 5.76. The zero-order chi connectivity index (χ0) is 17.4. The summed E-state index contributed by atoms with van der Waals surface area (Å²) in [6.07, 6.45) is 1.48. The number of hydrogen-bond acceptors (Lipinski definition) is 6. The summed E-state index contributed by atoms with van der Waals surface area (Å²) in [6, 6.07) is 5.51. The van der Waals surface area contributed by atoms with Gasteiger partial charge in [-0.3, -0.25) is 0 Å². The van der Waals surface area contributed by atoms with Crippen LogP contribution in [0.3, 0.4) is 0 Å². The van der Waals surface area contributed by atoms with E-state index in [1.54, 1.807) is 23.6 Å². The summed E-state index contributed by atoms with van der Waals surface area (Å²) >= 11 is 7.53. The van der Waals surface area contributed by atoms with Gasteiger partial charge in [-0.1, -0.05) is 11.6 Å². The summed E-state index contributed by atoms with van der Waals surface area (Å²) in [5, 5.41) is 14.8. The molecular weight excluding hydrogens is 362 g/mol. The number of amides is 1. The van der Waals surface area contributed by atoms with Crippen molar-refractivity contribution in [2.75, 3.05) is 18.4 Å². The number of halogens is 1. The molecule has 3 aromatic rings. The highest BCUT2D eigenvalue weighted by Crippen LogP contribution is 2.30. The molecular formula is C16H14ClN5O2S. The lowest BCUT2D eigenvalue weighted by molar-refractivity contribution is 0.155. The number of rotatable bonds is 3. The number of thiophene rings is 1. The van der Waals surface area contributed by atoms with E-state index in [0.717, 1.165) is 28.0 Å². The standard InChI is InChI=1S/C16H14ClN5O2S/c17-12-7-9(1-4-18-12)14-20-11-3-6-25-13(11)15(21-14)19-10-2-5-22(8-10)16(23)24/h1,3-4,6-7,10H,2,5,8H2,(H,23,24)(H,19,20,21)/t10-/m1/s1. The van der Waals surface area contributed by atoms with Crippen LogP contribution in [0.25, 0.3) is 21.6 Å². The van der Waals surface area contributed by atoms with Crippen LogP contribution in [0, 0.1) is 0 Å². The van der Waals surface area contributed by atoms with Gasteiger partial charge in [0.15, 0.2) is 5.82 Å². The van der Waals surface area contributed by atoms with E-state index in [4.69, 9.17) is 16.7 Å². The molecule has 0 radical (unpaired) electrons. The van der Waals surface area contributed by atoms with E-state index in [1.165, 1.54) is 4.90 Å². The van der Waals surface area contributed by atoms with Gasteiger partial charge in [0.25, 0.3) is 0 Å². The van der Waals surface area contributed by atoms with E-state index in [1.807, 2.05) is 17.5 Å². The van der Waals surface area contributed by atoms with Crippen molar-refractivity contribution in [3.05, 3.63) is 34.9 Å². The van der Waals surface area contributed by atoms with Gasteiger partial charge >= 0.3 is 6.09 Å². The number of anilines is 1. The first-order valence-corrected chi connectivity index (χ1v) is 8.97. The van der Waals surface area contributed by atoms with Gasteiger partial charge in [0.2, 0.25) is 0 Å². The molecule has 128 valence electrons. The Morgan fingerprint density at radius 2 is 2.28 bits per heavy atom. The molecule has 1 saturated heterocycles. The van der Waals surface area contributed by atoms with Crippen LogP contribution in [0.2, 0.25) is 5.15 Å². The van der Waals surface area contributed by atoms with Gasteiger partial charge in [0.1, 0.15) is 11.0 Å². The predicted octanol–water partition coefficient (Wildman–Crippen LogP) is 3.57. The molecule has 2 N–H and O–H groups in total. The molecule has 0 bridgehead atoms. The number of hydrogen-bond donors (Lipinski definition) is 2. The second kappa shape index (κ2) is 6.45. The van der Waals surface area contributed by atoms with Crippen LogP contribution >= 0.6 is 22.9 Å². The minimum Gasteiger partial charge on any atom is -0.465 e. The molecule has 9 heteroatoms. The molecule has 0 aliphatic carbocycles.